The van der Waals surface area contributed by atoms with Crippen LogP contribution in [-0.4, -0.2) is 29.1 Å². The molecule has 2 atom stereocenters. The van der Waals surface area contributed by atoms with Gasteiger partial charge >= 0.3 is 5.97 Å². The highest BCUT2D eigenvalue weighted by atomic mass is 16.5. The van der Waals surface area contributed by atoms with Crippen molar-refractivity contribution in [2.24, 2.45) is 5.92 Å². The lowest BCUT2D eigenvalue weighted by Gasteiger charge is -2.37. The maximum Gasteiger partial charge on any atom is 0.329 e. The quantitative estimate of drug-likeness (QED) is 0.222. The smallest absolute Gasteiger partial charge is 0.329 e. The van der Waals surface area contributed by atoms with Gasteiger partial charge in [-0.1, -0.05) is 93.2 Å². The summed E-state index contributed by atoms with van der Waals surface area (Å²) in [6.45, 7) is 12.3. The molecule has 0 aliphatic carbocycles. The van der Waals surface area contributed by atoms with Crippen molar-refractivity contribution in [3.05, 3.63) is 108 Å². The maximum absolute atomic E-state index is 13.6. The van der Waals surface area contributed by atoms with Crippen molar-refractivity contribution in [1.29, 1.82) is 5.26 Å². The van der Waals surface area contributed by atoms with Gasteiger partial charge in [0.25, 0.3) is 0 Å². The van der Waals surface area contributed by atoms with Gasteiger partial charge in [-0.3, -0.25) is 0 Å². The third-order valence-corrected chi connectivity index (χ3v) is 7.75. The summed E-state index contributed by atoms with van der Waals surface area (Å²) in [5.74, 6) is -0.233. The van der Waals surface area contributed by atoms with E-state index in [2.05, 4.69) is 50.5 Å². The van der Waals surface area contributed by atoms with Crippen LogP contribution in [0.1, 0.15) is 63.1 Å². The second kappa shape index (κ2) is 13.5. The molecule has 0 aromatic heterocycles. The van der Waals surface area contributed by atoms with E-state index < -0.39 is 6.04 Å². The van der Waals surface area contributed by atoms with Crippen LogP contribution in [0, 0.1) is 17.2 Å². The van der Waals surface area contributed by atoms with E-state index in [1.165, 1.54) is 0 Å². The van der Waals surface area contributed by atoms with Crippen LogP contribution in [0.25, 0.3) is 11.1 Å². The molecule has 208 valence electrons. The van der Waals surface area contributed by atoms with Crippen LogP contribution in [0.5, 0.6) is 0 Å². The summed E-state index contributed by atoms with van der Waals surface area (Å²) in [7, 11) is 0. The molecule has 1 fully saturated rings. The minimum absolute atomic E-state index is 0.0140. The molecule has 1 aliphatic rings. The van der Waals surface area contributed by atoms with Crippen LogP contribution >= 0.6 is 0 Å². The molecule has 0 bridgehead atoms. The van der Waals surface area contributed by atoms with Crippen LogP contribution in [0.2, 0.25) is 0 Å². The van der Waals surface area contributed by atoms with Gasteiger partial charge in [-0.15, -0.1) is 0 Å². The molecule has 3 aromatic carbocycles. The van der Waals surface area contributed by atoms with Gasteiger partial charge < -0.3 is 14.4 Å². The number of ether oxygens (including phenoxy) is 2. The van der Waals surface area contributed by atoms with Crippen molar-refractivity contribution in [1.82, 2.24) is 4.90 Å². The summed E-state index contributed by atoms with van der Waals surface area (Å²) < 4.78 is 11.9. The van der Waals surface area contributed by atoms with Gasteiger partial charge in [-0.05, 0) is 66.8 Å². The lowest BCUT2D eigenvalue weighted by Crippen LogP contribution is -2.44. The summed E-state index contributed by atoms with van der Waals surface area (Å²) in [5.41, 5.74) is 5.32. The Bertz CT molecular complexity index is 1320. The summed E-state index contributed by atoms with van der Waals surface area (Å²) in [5, 5.41) is 9.52. The molecule has 0 amide bonds. The third kappa shape index (κ3) is 7.40. The Morgan fingerprint density at radius 3 is 2.40 bits per heavy atom. The number of nitrogens with zero attached hydrogens (tertiary/aromatic N) is 2. The lowest BCUT2D eigenvalue weighted by atomic mass is 9.94. The van der Waals surface area contributed by atoms with Crippen LogP contribution < -0.4 is 0 Å². The SMILES string of the molecule is C=C(CCC1(C)CCCO1)N(Cc1ccc(-c2ccccc2C#N)cc1)[C@H](C(=O)OCc1ccccc1)C(C)C. The first-order valence-corrected chi connectivity index (χ1v) is 14.2. The molecule has 0 N–H and O–H groups in total. The lowest BCUT2D eigenvalue weighted by molar-refractivity contribution is -0.152. The van der Waals surface area contributed by atoms with E-state index in [1.54, 1.807) is 0 Å². The van der Waals surface area contributed by atoms with E-state index in [9.17, 15) is 10.1 Å². The van der Waals surface area contributed by atoms with Crippen LogP contribution in [0.3, 0.4) is 0 Å². The van der Waals surface area contributed by atoms with Gasteiger partial charge in [0.05, 0.1) is 17.2 Å². The molecule has 5 nitrogen and oxygen atoms in total. The van der Waals surface area contributed by atoms with E-state index in [0.29, 0.717) is 12.1 Å². The minimum atomic E-state index is -0.479. The molecular weight excluding hydrogens is 496 g/mol. The standard InChI is InChI=1S/C35H40N2O3/c1-26(2)33(34(38)39-25-29-11-6-5-7-12-29)37(27(3)19-21-35(4)20-10-22-40-35)24-28-15-17-30(18-16-28)32-14-9-8-13-31(32)23-36/h5-9,11-18,26,33H,3,10,19-22,24-25H2,1-2,4H3/t33-,35?/m0/s1. The second-order valence-electron chi connectivity index (χ2n) is 11.2. The first kappa shape index (κ1) is 29.1. The van der Waals surface area contributed by atoms with Crippen molar-refractivity contribution in [3.8, 4) is 17.2 Å². The molecule has 1 saturated heterocycles. The number of rotatable bonds is 12. The van der Waals surface area contributed by atoms with Crippen molar-refractivity contribution in [3.63, 3.8) is 0 Å². The van der Waals surface area contributed by atoms with Crippen LogP contribution in [-0.2, 0) is 27.4 Å². The highest BCUT2D eigenvalue weighted by molar-refractivity contribution is 5.76. The van der Waals surface area contributed by atoms with Gasteiger partial charge in [-0.25, -0.2) is 4.79 Å². The van der Waals surface area contributed by atoms with E-state index in [0.717, 1.165) is 60.2 Å². The number of hydrogen-bond donors (Lipinski definition) is 0. The first-order valence-electron chi connectivity index (χ1n) is 14.2. The Morgan fingerprint density at radius 2 is 1.75 bits per heavy atom. The largest absolute Gasteiger partial charge is 0.459 e. The van der Waals surface area contributed by atoms with Crippen molar-refractivity contribution in [2.75, 3.05) is 6.61 Å². The zero-order valence-electron chi connectivity index (χ0n) is 23.9. The topological polar surface area (TPSA) is 62.6 Å². The number of nitriles is 1. The average Bonchev–Trinajstić information content (AvgIpc) is 3.41. The Morgan fingerprint density at radius 1 is 1.05 bits per heavy atom. The number of esters is 1. The van der Waals surface area contributed by atoms with E-state index in [1.807, 2.05) is 66.7 Å². The van der Waals surface area contributed by atoms with Crippen molar-refractivity contribution < 1.29 is 14.3 Å². The molecule has 0 spiro atoms. The number of hydrogen-bond acceptors (Lipinski definition) is 5. The molecule has 1 unspecified atom stereocenters. The number of carbonyl (C=O) groups is 1. The highest BCUT2D eigenvalue weighted by Gasteiger charge is 2.34. The molecule has 0 saturated carbocycles. The molecule has 3 aromatic rings. The van der Waals surface area contributed by atoms with Crippen LogP contribution in [0.15, 0.2) is 91.1 Å². The summed E-state index contributed by atoms with van der Waals surface area (Å²) in [6.07, 6.45) is 3.71. The molecule has 4 rings (SSSR count). The highest BCUT2D eigenvalue weighted by Crippen LogP contribution is 2.33. The monoisotopic (exact) mass is 536 g/mol. The molecule has 1 heterocycles. The molecule has 1 aliphatic heterocycles. The molecule has 40 heavy (non-hydrogen) atoms. The van der Waals surface area contributed by atoms with E-state index in [-0.39, 0.29) is 24.1 Å². The minimum Gasteiger partial charge on any atom is -0.459 e. The maximum atomic E-state index is 13.6. The van der Waals surface area contributed by atoms with Gasteiger partial charge in [0, 0.05) is 18.8 Å². The predicted molar refractivity (Wildman–Crippen MR) is 159 cm³/mol. The summed E-state index contributed by atoms with van der Waals surface area (Å²) in [6, 6.07) is 27.4. The zero-order valence-corrected chi connectivity index (χ0v) is 23.9. The molecule has 0 radical (unpaired) electrons. The average molecular weight is 537 g/mol. The molecular formula is C35H40N2O3. The zero-order chi connectivity index (χ0) is 28.5. The van der Waals surface area contributed by atoms with Gasteiger partial charge in [-0.2, -0.15) is 5.26 Å². The Kier molecular flexibility index (Phi) is 9.79. The third-order valence-electron chi connectivity index (χ3n) is 7.75. The molecule has 5 heteroatoms. The predicted octanol–water partition coefficient (Wildman–Crippen LogP) is 7.66. The van der Waals surface area contributed by atoms with Gasteiger partial charge in [0.15, 0.2) is 0 Å². The summed E-state index contributed by atoms with van der Waals surface area (Å²) >= 11 is 0. The van der Waals surface area contributed by atoms with Crippen molar-refractivity contribution in [2.45, 2.75) is 71.2 Å². The summed E-state index contributed by atoms with van der Waals surface area (Å²) in [4.78, 5) is 15.7. The Balaban J connectivity index is 1.56. The Hall–Kier alpha value is -3.88. The fourth-order valence-corrected chi connectivity index (χ4v) is 5.39. The van der Waals surface area contributed by atoms with Gasteiger partial charge in [0.1, 0.15) is 12.6 Å². The fraction of sp³-hybridized carbons (Fsp3) is 0.371. The number of benzene rings is 3. The second-order valence-corrected chi connectivity index (χ2v) is 11.2. The first-order chi connectivity index (χ1) is 19.3. The number of carbonyl (C=O) groups excluding carboxylic acids is 1. The van der Waals surface area contributed by atoms with E-state index in [4.69, 9.17) is 9.47 Å². The fourth-order valence-electron chi connectivity index (χ4n) is 5.39. The number of allylic oxidation sites excluding steroid dienone is 1. The van der Waals surface area contributed by atoms with Gasteiger partial charge in [0.2, 0.25) is 0 Å². The Labute approximate surface area is 239 Å². The van der Waals surface area contributed by atoms with Crippen LogP contribution in [0.4, 0.5) is 0 Å². The van der Waals surface area contributed by atoms with E-state index >= 15 is 0 Å². The normalized spacial score (nSPS) is 17.3. The van der Waals surface area contributed by atoms with Crippen molar-refractivity contribution >= 4 is 5.97 Å².